The largest absolute Gasteiger partial charge is 0.0917 e. The van der Waals surface area contributed by atoms with Gasteiger partial charge in [-0.3, -0.25) is 0 Å². The summed E-state index contributed by atoms with van der Waals surface area (Å²) in [7, 11) is 0. The second-order valence-corrected chi connectivity index (χ2v) is 4.13. The van der Waals surface area contributed by atoms with E-state index >= 15 is 0 Å². The molecule has 0 aliphatic heterocycles. The molecule has 0 rings (SSSR count). The molecule has 0 heterocycles. The maximum Gasteiger partial charge on any atom is -0.0351 e. The summed E-state index contributed by atoms with van der Waals surface area (Å²) in [6.07, 6.45) is 19.4. The monoisotopic (exact) mass is 224 g/mol. The van der Waals surface area contributed by atoms with E-state index in [4.69, 9.17) is 0 Å². The highest BCUT2D eigenvalue weighted by Gasteiger charge is 1.79. The van der Waals surface area contributed by atoms with E-state index in [1.165, 1.54) is 51.4 Å². The van der Waals surface area contributed by atoms with E-state index < -0.39 is 0 Å². The summed E-state index contributed by atoms with van der Waals surface area (Å²) < 4.78 is 0. The first-order chi connectivity index (χ1) is 7.83. The number of hydrogen-bond acceptors (Lipinski definition) is 0. The summed E-state index contributed by atoms with van der Waals surface area (Å²) in [6.45, 7) is 8.61. The van der Waals surface area contributed by atoms with Crippen LogP contribution in [0.15, 0.2) is 24.3 Å². The average molecular weight is 224 g/mol. The topological polar surface area (TPSA) is 0 Å². The fourth-order valence-corrected chi connectivity index (χ4v) is 1.36. The Balaban J connectivity index is 0. The van der Waals surface area contributed by atoms with Crippen molar-refractivity contribution in [2.45, 2.75) is 79.1 Å². The fraction of sp³-hybridized carbons (Fsp3) is 0.750. The third kappa shape index (κ3) is 23.4. The molecule has 0 N–H and O–H groups in total. The van der Waals surface area contributed by atoms with Crippen LogP contribution >= 0.6 is 0 Å². The van der Waals surface area contributed by atoms with Gasteiger partial charge in [0.25, 0.3) is 0 Å². The zero-order valence-corrected chi connectivity index (χ0v) is 12.0. The van der Waals surface area contributed by atoms with Crippen molar-refractivity contribution in [3.8, 4) is 0 Å². The number of rotatable bonds is 8. The van der Waals surface area contributed by atoms with Crippen molar-refractivity contribution in [1.82, 2.24) is 0 Å². The van der Waals surface area contributed by atoms with Crippen LogP contribution < -0.4 is 0 Å². The maximum absolute atomic E-state index is 2.23. The van der Waals surface area contributed by atoms with E-state index in [1.54, 1.807) is 0 Å². The van der Waals surface area contributed by atoms with Gasteiger partial charge >= 0.3 is 0 Å². The minimum atomic E-state index is 1.27. The van der Waals surface area contributed by atoms with Crippen molar-refractivity contribution >= 4 is 0 Å². The molecule has 0 amide bonds. The molecule has 0 nitrogen and oxygen atoms in total. The summed E-state index contributed by atoms with van der Waals surface area (Å²) >= 11 is 0. The third-order valence-electron chi connectivity index (χ3n) is 2.42. The minimum absolute atomic E-state index is 1.27. The van der Waals surface area contributed by atoms with Crippen LogP contribution in [0.2, 0.25) is 0 Å². The van der Waals surface area contributed by atoms with Crippen molar-refractivity contribution in [2.24, 2.45) is 0 Å². The molecule has 0 aliphatic carbocycles. The molecule has 0 aromatic heterocycles. The highest BCUT2D eigenvalue weighted by Crippen LogP contribution is 1.99. The van der Waals surface area contributed by atoms with Gasteiger partial charge in [0.1, 0.15) is 0 Å². The van der Waals surface area contributed by atoms with E-state index in [1.807, 2.05) is 0 Å². The van der Waals surface area contributed by atoms with E-state index in [9.17, 15) is 0 Å². The molecule has 16 heavy (non-hydrogen) atoms. The minimum Gasteiger partial charge on any atom is -0.0917 e. The first-order valence-corrected chi connectivity index (χ1v) is 7.05. The van der Waals surface area contributed by atoms with Gasteiger partial charge in [-0.15, -0.1) is 0 Å². The van der Waals surface area contributed by atoms with Crippen LogP contribution in [0.4, 0.5) is 0 Å². The summed E-state index contributed by atoms with van der Waals surface area (Å²) in [5.41, 5.74) is 0. The quantitative estimate of drug-likeness (QED) is 0.336. The number of allylic oxidation sites excluding steroid dienone is 4. The molecule has 0 saturated carbocycles. The average Bonchev–Trinajstić information content (AvgIpc) is 2.31. The summed E-state index contributed by atoms with van der Waals surface area (Å²) in [5.74, 6) is 0. The Kier molecular flexibility index (Phi) is 22.3. The van der Waals surface area contributed by atoms with Gasteiger partial charge in [-0.25, -0.2) is 0 Å². The lowest BCUT2D eigenvalue weighted by Crippen LogP contribution is -1.68. The van der Waals surface area contributed by atoms with Crippen LogP contribution in [0, 0.1) is 0 Å². The molecule has 96 valence electrons. The normalized spacial score (nSPS) is 10.8. The Morgan fingerprint density at radius 3 is 1.25 bits per heavy atom. The second kappa shape index (κ2) is 20.0. The van der Waals surface area contributed by atoms with Crippen molar-refractivity contribution in [3.63, 3.8) is 0 Å². The molecular weight excluding hydrogens is 192 g/mol. The molecule has 0 atom stereocenters. The van der Waals surface area contributed by atoms with Crippen LogP contribution in [0.1, 0.15) is 79.1 Å². The van der Waals surface area contributed by atoms with Gasteiger partial charge in [0.2, 0.25) is 0 Å². The van der Waals surface area contributed by atoms with Crippen molar-refractivity contribution < 1.29 is 0 Å². The molecule has 0 saturated heterocycles. The Morgan fingerprint density at radius 2 is 1.00 bits per heavy atom. The molecule has 0 aromatic carbocycles. The fourth-order valence-electron chi connectivity index (χ4n) is 1.36. The summed E-state index contributed by atoms with van der Waals surface area (Å²) in [6, 6.07) is 0. The molecule has 0 spiro atoms. The maximum atomic E-state index is 2.23. The van der Waals surface area contributed by atoms with Gasteiger partial charge in [0.05, 0.1) is 0 Å². The van der Waals surface area contributed by atoms with Gasteiger partial charge < -0.3 is 0 Å². The molecule has 0 bridgehead atoms. The van der Waals surface area contributed by atoms with Crippen LogP contribution in [-0.4, -0.2) is 0 Å². The lowest BCUT2D eigenvalue weighted by Gasteiger charge is -1.88. The Hall–Kier alpha value is -0.520. The lowest BCUT2D eigenvalue weighted by molar-refractivity contribution is 0.729. The third-order valence-corrected chi connectivity index (χ3v) is 2.42. The van der Waals surface area contributed by atoms with Gasteiger partial charge in [-0.1, -0.05) is 63.8 Å². The van der Waals surface area contributed by atoms with Crippen molar-refractivity contribution in [3.05, 3.63) is 24.3 Å². The number of hydrogen-bond donors (Lipinski definition) is 0. The van der Waals surface area contributed by atoms with Crippen LogP contribution in [0.25, 0.3) is 0 Å². The zero-order valence-electron chi connectivity index (χ0n) is 12.0. The summed E-state index contributed by atoms with van der Waals surface area (Å²) in [4.78, 5) is 0. The van der Waals surface area contributed by atoms with E-state index in [0.29, 0.717) is 0 Å². The molecule has 0 aromatic rings. The first kappa shape index (κ1) is 17.9. The predicted octanol–water partition coefficient (Wildman–Crippen LogP) is 6.29. The van der Waals surface area contributed by atoms with Crippen molar-refractivity contribution in [1.29, 1.82) is 0 Å². The first-order valence-electron chi connectivity index (χ1n) is 7.05. The van der Waals surface area contributed by atoms with Gasteiger partial charge in [-0.2, -0.15) is 0 Å². The second-order valence-electron chi connectivity index (χ2n) is 4.13. The smallest absolute Gasteiger partial charge is 0.0351 e. The summed E-state index contributed by atoms with van der Waals surface area (Å²) in [5, 5.41) is 0. The Bertz CT molecular complexity index is 124. The van der Waals surface area contributed by atoms with Gasteiger partial charge in [-0.05, 0) is 39.5 Å². The zero-order chi connectivity index (χ0) is 12.5. The van der Waals surface area contributed by atoms with Gasteiger partial charge in [0.15, 0.2) is 0 Å². The van der Waals surface area contributed by atoms with Crippen LogP contribution in [0.5, 0.6) is 0 Å². The standard InChI is InChI=1S/2C8H16/c2*1-3-5-7-8-6-4-2/h2*3,5H,4,6-8H2,1-2H3/b5-3+;5-3-. The van der Waals surface area contributed by atoms with E-state index in [0.717, 1.165) is 0 Å². The van der Waals surface area contributed by atoms with Gasteiger partial charge in [0, 0.05) is 0 Å². The van der Waals surface area contributed by atoms with Crippen molar-refractivity contribution in [2.75, 3.05) is 0 Å². The molecule has 0 unspecified atom stereocenters. The lowest BCUT2D eigenvalue weighted by atomic mass is 10.2. The predicted molar refractivity (Wildman–Crippen MR) is 77.9 cm³/mol. The SMILES string of the molecule is C/C=C/CCCCC.C/C=C\CCCCC. The molecule has 0 heteroatoms. The molecular formula is C16H32. The molecule has 0 fully saturated rings. The van der Waals surface area contributed by atoms with E-state index in [2.05, 4.69) is 52.0 Å². The van der Waals surface area contributed by atoms with Crippen LogP contribution in [0.3, 0.4) is 0 Å². The van der Waals surface area contributed by atoms with E-state index in [-0.39, 0.29) is 0 Å². The highest BCUT2D eigenvalue weighted by molar-refractivity contribution is 4.76. The van der Waals surface area contributed by atoms with Crippen LogP contribution in [-0.2, 0) is 0 Å². The molecule has 0 aliphatic rings. The highest BCUT2D eigenvalue weighted by atomic mass is 13.9. The number of unbranched alkanes of at least 4 members (excludes halogenated alkanes) is 6. The molecule has 0 radical (unpaired) electrons. The Labute approximate surface area is 104 Å². The Morgan fingerprint density at radius 1 is 0.625 bits per heavy atom.